The van der Waals surface area contributed by atoms with Crippen molar-refractivity contribution in [2.45, 2.75) is 156 Å². The molecule has 1 heterocycles. The molecule has 40 heavy (non-hydrogen) atoms. The average molecular weight is 575 g/mol. The Balaban J connectivity index is 1.19. The summed E-state index contributed by atoms with van der Waals surface area (Å²) in [5.74, 6) is 4.04. The molecular weight excluding hydrogens is 512 g/mol. The predicted molar refractivity (Wildman–Crippen MR) is 166 cm³/mol. The number of rotatable bonds is 8. The monoisotopic (exact) mass is 574 g/mol. The number of fused-ring (bicyclic) bond motifs is 5. The lowest BCUT2D eigenvalue weighted by Crippen LogP contribution is -2.57. The summed E-state index contributed by atoms with van der Waals surface area (Å²) in [6.45, 7) is 21.1. The normalized spacial score (nSPS) is 43.1. The maximum absolute atomic E-state index is 14.0. The molecule has 0 radical (unpaired) electrons. The number of hydrogen-bond donors (Lipinski definition) is 0. The van der Waals surface area contributed by atoms with Gasteiger partial charge < -0.3 is 13.9 Å². The molecule has 0 bridgehead atoms. The zero-order valence-corrected chi connectivity index (χ0v) is 28.4. The van der Waals surface area contributed by atoms with Crippen molar-refractivity contribution in [1.82, 2.24) is 0 Å². The second kappa shape index (κ2) is 11.7. The Morgan fingerprint density at radius 2 is 1.73 bits per heavy atom. The summed E-state index contributed by atoms with van der Waals surface area (Å²) in [5.41, 5.74) is 0.635. The van der Waals surface area contributed by atoms with Crippen molar-refractivity contribution in [3.8, 4) is 0 Å². The molecule has 5 aliphatic rings. The summed E-state index contributed by atoms with van der Waals surface area (Å²) in [6.07, 6.45) is 15.5. The highest BCUT2D eigenvalue weighted by atomic mass is 28.4. The van der Waals surface area contributed by atoms with Gasteiger partial charge in [-0.2, -0.15) is 0 Å². The van der Waals surface area contributed by atoms with Gasteiger partial charge in [-0.15, -0.1) is 0 Å². The summed E-state index contributed by atoms with van der Waals surface area (Å²) in [4.78, 5) is 14.0. The van der Waals surface area contributed by atoms with Crippen molar-refractivity contribution in [3.05, 3.63) is 0 Å². The third kappa shape index (κ3) is 5.81. The van der Waals surface area contributed by atoms with E-state index in [1.54, 1.807) is 0 Å². The molecular formula is C35H62O4Si. The molecule has 10 atom stereocenters. The predicted octanol–water partition coefficient (Wildman–Crippen LogP) is 9.17. The number of ether oxygens (including phenoxy) is 2. The van der Waals surface area contributed by atoms with Crippen molar-refractivity contribution in [2.24, 2.45) is 46.3 Å². The first-order chi connectivity index (χ1) is 18.8. The van der Waals surface area contributed by atoms with Gasteiger partial charge in [-0.05, 0) is 136 Å². The number of ketones is 1. The van der Waals surface area contributed by atoms with E-state index in [2.05, 4.69) is 54.6 Å². The number of carbonyl (C=O) groups excluding carboxylic acids is 1. The minimum absolute atomic E-state index is 0.0124. The van der Waals surface area contributed by atoms with Gasteiger partial charge in [0.2, 0.25) is 0 Å². The van der Waals surface area contributed by atoms with Crippen LogP contribution in [0.3, 0.4) is 0 Å². The smallest absolute Gasteiger partial charge is 0.191 e. The Kier molecular flexibility index (Phi) is 9.12. The first-order valence-corrected chi connectivity index (χ1v) is 20.1. The van der Waals surface area contributed by atoms with Crippen LogP contribution in [0.1, 0.15) is 125 Å². The van der Waals surface area contributed by atoms with Crippen molar-refractivity contribution < 1.29 is 18.7 Å². The molecule has 5 rings (SSSR count). The van der Waals surface area contributed by atoms with Crippen molar-refractivity contribution >= 4 is 14.1 Å². The molecule has 0 aromatic heterocycles. The van der Waals surface area contributed by atoms with Gasteiger partial charge in [0.1, 0.15) is 5.78 Å². The summed E-state index contributed by atoms with van der Waals surface area (Å²) >= 11 is 0. The van der Waals surface area contributed by atoms with Crippen molar-refractivity contribution in [3.63, 3.8) is 0 Å². The fraction of sp³-hybridized carbons (Fsp3) is 0.971. The molecule has 1 saturated heterocycles. The molecule has 4 saturated carbocycles. The molecule has 0 N–H and O–H groups in total. The van der Waals surface area contributed by atoms with Gasteiger partial charge in [0.25, 0.3) is 0 Å². The zero-order valence-electron chi connectivity index (χ0n) is 27.4. The van der Waals surface area contributed by atoms with Crippen LogP contribution in [0, 0.1) is 46.3 Å². The Morgan fingerprint density at radius 1 is 1.00 bits per heavy atom. The number of carbonyl (C=O) groups is 1. The molecule has 4 aliphatic carbocycles. The van der Waals surface area contributed by atoms with Gasteiger partial charge in [-0.25, -0.2) is 0 Å². The molecule has 0 spiro atoms. The Morgan fingerprint density at radius 3 is 2.42 bits per heavy atom. The van der Waals surface area contributed by atoms with E-state index in [-0.39, 0.29) is 17.4 Å². The third-order valence-corrected chi connectivity index (χ3v) is 18.3. The quantitative estimate of drug-likeness (QED) is 0.165. The van der Waals surface area contributed by atoms with E-state index in [0.717, 1.165) is 51.2 Å². The summed E-state index contributed by atoms with van der Waals surface area (Å²) in [6, 6.07) is 0. The molecule has 0 aromatic rings. The lowest BCUT2D eigenvalue weighted by Gasteiger charge is -2.60. The number of hydrogen-bond acceptors (Lipinski definition) is 4. The van der Waals surface area contributed by atoms with Crippen LogP contribution in [0.4, 0.5) is 0 Å². The van der Waals surface area contributed by atoms with E-state index in [4.69, 9.17) is 13.9 Å². The lowest BCUT2D eigenvalue weighted by molar-refractivity contribution is -0.211. The first kappa shape index (κ1) is 31.2. The van der Waals surface area contributed by atoms with Crippen LogP contribution in [-0.2, 0) is 18.7 Å². The number of Topliss-reactive ketones (excluding diaryl/α,β-unsaturated/α-hetero) is 1. The fourth-order valence-corrected chi connectivity index (χ4v) is 11.3. The lowest BCUT2D eigenvalue weighted by atomic mass is 9.44. The largest absolute Gasteiger partial charge is 0.417 e. The minimum atomic E-state index is -1.67. The zero-order chi connectivity index (χ0) is 28.9. The van der Waals surface area contributed by atoms with Crippen LogP contribution in [-0.4, -0.2) is 39.7 Å². The summed E-state index contributed by atoms with van der Waals surface area (Å²) in [7, 11) is -1.67. The standard InChI is InChI=1S/C35H62O4Si/c1-24(12-11-21-38-40(7,8)33(2,3)4)27-14-15-28-32-29(17-19-35(27,28)6)34(5)18-16-26(22-25(34)23-30(32)36)39-31-13-9-10-20-37-31/h24-29,31-32H,9-23H2,1-8H3/t24-,25-,26+,27-,28+,29+,31?,32+,34+,35-/m1/s1. The van der Waals surface area contributed by atoms with Gasteiger partial charge in [0.05, 0.1) is 6.10 Å². The van der Waals surface area contributed by atoms with Crippen LogP contribution in [0.5, 0.6) is 0 Å². The summed E-state index contributed by atoms with van der Waals surface area (Å²) in [5, 5.41) is 0.279. The van der Waals surface area contributed by atoms with Crippen LogP contribution in [0.15, 0.2) is 0 Å². The molecule has 0 amide bonds. The Labute approximate surface area is 247 Å². The highest BCUT2D eigenvalue weighted by molar-refractivity contribution is 6.74. The SMILES string of the molecule is C[C@H](CCCO[Si](C)(C)C(C)(C)C)[C@H]1CC[C@H]2[C@@H]3C(=O)C[C@H]4C[C@@H](OC5CCCCO5)CC[C@]4(C)[C@H]3CC[C@]12C. The van der Waals surface area contributed by atoms with Crippen LogP contribution in [0.25, 0.3) is 0 Å². The second-order valence-corrected chi connectivity index (χ2v) is 21.7. The van der Waals surface area contributed by atoms with Crippen LogP contribution in [0.2, 0.25) is 18.1 Å². The highest BCUT2D eigenvalue weighted by Gasteiger charge is 2.63. The van der Waals surface area contributed by atoms with E-state index in [1.165, 1.54) is 51.4 Å². The molecule has 1 aliphatic heterocycles. The summed E-state index contributed by atoms with van der Waals surface area (Å²) < 4.78 is 18.9. The second-order valence-electron chi connectivity index (χ2n) is 16.9. The first-order valence-electron chi connectivity index (χ1n) is 17.2. The maximum Gasteiger partial charge on any atom is 0.191 e. The van der Waals surface area contributed by atoms with Crippen LogP contribution >= 0.6 is 0 Å². The molecule has 1 unspecified atom stereocenters. The van der Waals surface area contributed by atoms with Gasteiger partial charge in [0.15, 0.2) is 14.6 Å². The van der Waals surface area contributed by atoms with Gasteiger partial charge in [0, 0.05) is 25.6 Å². The Bertz CT molecular complexity index is 890. The van der Waals surface area contributed by atoms with E-state index >= 15 is 0 Å². The van der Waals surface area contributed by atoms with Gasteiger partial charge >= 0.3 is 0 Å². The van der Waals surface area contributed by atoms with E-state index in [9.17, 15) is 4.79 Å². The Hall–Kier alpha value is -0.233. The minimum Gasteiger partial charge on any atom is -0.417 e. The van der Waals surface area contributed by atoms with Gasteiger partial charge in [-0.3, -0.25) is 4.79 Å². The fourth-order valence-electron chi connectivity index (χ4n) is 10.2. The average Bonchev–Trinajstić information content (AvgIpc) is 3.24. The van der Waals surface area contributed by atoms with Crippen molar-refractivity contribution in [2.75, 3.05) is 13.2 Å². The molecule has 230 valence electrons. The molecule has 5 fully saturated rings. The van der Waals surface area contributed by atoms with E-state index in [1.807, 2.05) is 0 Å². The molecule has 0 aromatic carbocycles. The molecule has 4 nitrogen and oxygen atoms in total. The maximum atomic E-state index is 14.0. The highest BCUT2D eigenvalue weighted by Crippen LogP contribution is 2.67. The van der Waals surface area contributed by atoms with E-state index < -0.39 is 8.32 Å². The topological polar surface area (TPSA) is 44.8 Å². The van der Waals surface area contributed by atoms with E-state index in [0.29, 0.717) is 46.2 Å². The third-order valence-electron chi connectivity index (χ3n) is 13.7. The van der Waals surface area contributed by atoms with Gasteiger partial charge in [-0.1, -0.05) is 41.5 Å². The van der Waals surface area contributed by atoms with Crippen LogP contribution < -0.4 is 0 Å². The molecule has 5 heteroatoms. The van der Waals surface area contributed by atoms with Crippen molar-refractivity contribution in [1.29, 1.82) is 0 Å².